The van der Waals surface area contributed by atoms with E-state index in [0.717, 1.165) is 39.0 Å². The van der Waals surface area contributed by atoms with Gasteiger partial charge in [-0.05, 0) is 29.9 Å². The zero-order valence-electron chi connectivity index (χ0n) is 11.5. The minimum atomic E-state index is -0.398. The lowest BCUT2D eigenvalue weighted by Crippen LogP contribution is -2.55. The lowest BCUT2D eigenvalue weighted by molar-refractivity contribution is 0.0981. The first-order valence-corrected chi connectivity index (χ1v) is 7.24. The van der Waals surface area contributed by atoms with Crippen molar-refractivity contribution in [2.45, 2.75) is 31.2 Å². The SMILES string of the molecule is CC1CCC(C#N)(N2CCNCC2)c2ccccc21. The maximum atomic E-state index is 9.91. The van der Waals surface area contributed by atoms with Crippen LogP contribution < -0.4 is 5.32 Å². The molecule has 1 aromatic carbocycles. The highest BCUT2D eigenvalue weighted by Crippen LogP contribution is 2.44. The van der Waals surface area contributed by atoms with E-state index in [1.54, 1.807) is 0 Å². The van der Waals surface area contributed by atoms with Crippen molar-refractivity contribution in [3.63, 3.8) is 0 Å². The fraction of sp³-hybridized carbons (Fsp3) is 0.562. The number of nitriles is 1. The summed E-state index contributed by atoms with van der Waals surface area (Å²) in [5.74, 6) is 0.570. The number of piperazine rings is 1. The molecule has 1 aromatic rings. The Labute approximate surface area is 115 Å². The fourth-order valence-corrected chi connectivity index (χ4v) is 3.58. The Bertz CT molecular complexity index is 499. The van der Waals surface area contributed by atoms with E-state index in [4.69, 9.17) is 0 Å². The summed E-state index contributed by atoms with van der Waals surface area (Å²) in [5.41, 5.74) is 2.22. The van der Waals surface area contributed by atoms with Crippen molar-refractivity contribution in [2.75, 3.05) is 26.2 Å². The van der Waals surface area contributed by atoms with Crippen molar-refractivity contribution < 1.29 is 0 Å². The molecule has 1 heterocycles. The third-order valence-corrected chi connectivity index (χ3v) is 4.72. The zero-order valence-corrected chi connectivity index (χ0v) is 11.5. The summed E-state index contributed by atoms with van der Waals surface area (Å²) in [6, 6.07) is 11.2. The van der Waals surface area contributed by atoms with Crippen LogP contribution >= 0.6 is 0 Å². The van der Waals surface area contributed by atoms with Gasteiger partial charge in [-0.15, -0.1) is 0 Å². The monoisotopic (exact) mass is 255 g/mol. The van der Waals surface area contributed by atoms with Crippen LogP contribution in [0, 0.1) is 11.3 Å². The standard InChI is InChI=1S/C16H21N3/c1-13-6-7-16(12-17,19-10-8-18-9-11-19)15-5-3-2-4-14(13)15/h2-5,13,18H,6-11H2,1H3. The number of fused-ring (bicyclic) bond motifs is 1. The van der Waals surface area contributed by atoms with Crippen LogP contribution in [0.4, 0.5) is 0 Å². The first-order chi connectivity index (χ1) is 9.28. The van der Waals surface area contributed by atoms with Crippen LogP contribution in [0.3, 0.4) is 0 Å². The van der Waals surface area contributed by atoms with Gasteiger partial charge in [-0.2, -0.15) is 5.26 Å². The zero-order chi connectivity index (χ0) is 13.3. The van der Waals surface area contributed by atoms with Crippen LogP contribution in [-0.2, 0) is 5.54 Å². The Kier molecular flexibility index (Phi) is 3.30. The average Bonchev–Trinajstić information content (AvgIpc) is 2.49. The molecule has 0 amide bonds. The Morgan fingerprint density at radius 1 is 1.32 bits per heavy atom. The summed E-state index contributed by atoms with van der Waals surface area (Å²) in [5, 5.41) is 13.3. The predicted molar refractivity (Wildman–Crippen MR) is 75.8 cm³/mol. The van der Waals surface area contributed by atoms with Gasteiger partial charge in [0.15, 0.2) is 0 Å². The summed E-state index contributed by atoms with van der Waals surface area (Å²) in [4.78, 5) is 2.38. The topological polar surface area (TPSA) is 39.1 Å². The third kappa shape index (κ3) is 1.96. The lowest BCUT2D eigenvalue weighted by Gasteiger charge is -2.45. The second kappa shape index (κ2) is 4.96. The van der Waals surface area contributed by atoms with E-state index in [2.05, 4.69) is 47.5 Å². The molecule has 2 aliphatic rings. The molecule has 1 aliphatic heterocycles. The summed E-state index contributed by atoms with van der Waals surface area (Å²) >= 11 is 0. The van der Waals surface area contributed by atoms with Gasteiger partial charge in [0.25, 0.3) is 0 Å². The molecular formula is C16H21N3. The largest absolute Gasteiger partial charge is 0.314 e. The molecule has 0 spiro atoms. The quantitative estimate of drug-likeness (QED) is 0.836. The van der Waals surface area contributed by atoms with Gasteiger partial charge in [0, 0.05) is 26.2 Å². The first-order valence-electron chi connectivity index (χ1n) is 7.24. The van der Waals surface area contributed by atoms with Gasteiger partial charge in [-0.25, -0.2) is 0 Å². The predicted octanol–water partition coefficient (Wildman–Crippen LogP) is 2.21. The molecule has 19 heavy (non-hydrogen) atoms. The normalized spacial score (nSPS) is 31.5. The molecule has 1 N–H and O–H groups in total. The van der Waals surface area contributed by atoms with E-state index in [-0.39, 0.29) is 0 Å². The third-order valence-electron chi connectivity index (χ3n) is 4.72. The van der Waals surface area contributed by atoms with Gasteiger partial charge in [-0.3, -0.25) is 4.90 Å². The van der Waals surface area contributed by atoms with E-state index in [1.807, 2.05) is 0 Å². The van der Waals surface area contributed by atoms with Crippen molar-refractivity contribution in [2.24, 2.45) is 0 Å². The summed E-state index contributed by atoms with van der Waals surface area (Å²) in [6.45, 7) is 6.19. The van der Waals surface area contributed by atoms with E-state index in [1.165, 1.54) is 11.1 Å². The number of hydrogen-bond donors (Lipinski definition) is 1. The minimum Gasteiger partial charge on any atom is -0.314 e. The Hall–Kier alpha value is -1.37. The molecule has 100 valence electrons. The molecule has 0 bridgehead atoms. The molecular weight excluding hydrogens is 234 g/mol. The second-order valence-corrected chi connectivity index (χ2v) is 5.74. The average molecular weight is 255 g/mol. The molecule has 2 unspecified atom stereocenters. The second-order valence-electron chi connectivity index (χ2n) is 5.74. The molecule has 3 heteroatoms. The van der Waals surface area contributed by atoms with Gasteiger partial charge in [0.05, 0.1) is 6.07 Å². The van der Waals surface area contributed by atoms with Crippen molar-refractivity contribution in [3.8, 4) is 6.07 Å². The van der Waals surface area contributed by atoms with Gasteiger partial charge < -0.3 is 5.32 Å². The maximum Gasteiger partial charge on any atom is 0.135 e. The summed E-state index contributed by atoms with van der Waals surface area (Å²) < 4.78 is 0. The highest BCUT2D eigenvalue weighted by Gasteiger charge is 2.43. The van der Waals surface area contributed by atoms with Crippen LogP contribution in [0.5, 0.6) is 0 Å². The van der Waals surface area contributed by atoms with Gasteiger partial charge in [0.2, 0.25) is 0 Å². The van der Waals surface area contributed by atoms with Crippen molar-refractivity contribution in [1.29, 1.82) is 5.26 Å². The fourth-order valence-electron chi connectivity index (χ4n) is 3.58. The van der Waals surface area contributed by atoms with Crippen molar-refractivity contribution >= 4 is 0 Å². The van der Waals surface area contributed by atoms with Gasteiger partial charge in [-0.1, -0.05) is 31.2 Å². The minimum absolute atomic E-state index is 0.398. The smallest absolute Gasteiger partial charge is 0.135 e. The van der Waals surface area contributed by atoms with Crippen molar-refractivity contribution in [1.82, 2.24) is 10.2 Å². The molecule has 0 saturated carbocycles. The summed E-state index contributed by atoms with van der Waals surface area (Å²) in [6.07, 6.45) is 2.07. The van der Waals surface area contributed by atoms with Gasteiger partial charge >= 0.3 is 0 Å². The Morgan fingerprint density at radius 2 is 2.05 bits per heavy atom. The molecule has 0 aromatic heterocycles. The highest BCUT2D eigenvalue weighted by molar-refractivity contribution is 5.43. The molecule has 2 atom stereocenters. The molecule has 1 saturated heterocycles. The molecule has 0 radical (unpaired) electrons. The Morgan fingerprint density at radius 3 is 2.79 bits per heavy atom. The molecule has 3 nitrogen and oxygen atoms in total. The van der Waals surface area contributed by atoms with E-state index in [0.29, 0.717) is 5.92 Å². The number of nitrogens with one attached hydrogen (secondary N) is 1. The highest BCUT2D eigenvalue weighted by atomic mass is 15.2. The number of rotatable bonds is 1. The van der Waals surface area contributed by atoms with Crippen molar-refractivity contribution in [3.05, 3.63) is 35.4 Å². The molecule has 1 fully saturated rings. The Balaban J connectivity index is 2.07. The van der Waals surface area contributed by atoms with Gasteiger partial charge in [0.1, 0.15) is 5.54 Å². The number of nitrogens with zero attached hydrogens (tertiary/aromatic N) is 2. The van der Waals surface area contributed by atoms with Crippen LogP contribution in [-0.4, -0.2) is 31.1 Å². The van der Waals surface area contributed by atoms with E-state index < -0.39 is 5.54 Å². The van der Waals surface area contributed by atoms with Crippen LogP contribution in [0.2, 0.25) is 0 Å². The number of hydrogen-bond acceptors (Lipinski definition) is 3. The summed E-state index contributed by atoms with van der Waals surface area (Å²) in [7, 11) is 0. The molecule has 3 rings (SSSR count). The van der Waals surface area contributed by atoms with E-state index in [9.17, 15) is 5.26 Å². The maximum absolute atomic E-state index is 9.91. The van der Waals surface area contributed by atoms with Crippen LogP contribution in [0.15, 0.2) is 24.3 Å². The number of benzene rings is 1. The first kappa shape index (κ1) is 12.7. The van der Waals surface area contributed by atoms with Crippen LogP contribution in [0.1, 0.15) is 36.8 Å². The lowest BCUT2D eigenvalue weighted by atomic mass is 9.72. The van der Waals surface area contributed by atoms with Crippen LogP contribution in [0.25, 0.3) is 0 Å². The van der Waals surface area contributed by atoms with E-state index >= 15 is 0 Å². The molecule has 1 aliphatic carbocycles.